The number of nitrogens with one attached hydrogen (secondary N) is 1. The molecule has 1 aliphatic heterocycles. The molecule has 0 aromatic carbocycles. The van der Waals surface area contributed by atoms with E-state index in [4.69, 9.17) is 9.47 Å². The summed E-state index contributed by atoms with van der Waals surface area (Å²) in [7, 11) is 0. The van der Waals surface area contributed by atoms with Crippen molar-refractivity contribution in [1.82, 2.24) is 5.32 Å². The van der Waals surface area contributed by atoms with Crippen molar-refractivity contribution in [3.63, 3.8) is 0 Å². The molecule has 1 aliphatic rings. The molecule has 6 heteroatoms. The summed E-state index contributed by atoms with van der Waals surface area (Å²) in [5.74, 6) is -1.05. The minimum Gasteiger partial charge on any atom is -0.480 e. The van der Waals surface area contributed by atoms with Crippen molar-refractivity contribution < 1.29 is 24.2 Å². The van der Waals surface area contributed by atoms with Crippen molar-refractivity contribution >= 4 is 12.1 Å². The van der Waals surface area contributed by atoms with Crippen molar-refractivity contribution in [3.8, 4) is 0 Å². The Balaban J connectivity index is 2.73. The molecular weight excluding hydrogens is 250 g/mol. The molecule has 19 heavy (non-hydrogen) atoms. The summed E-state index contributed by atoms with van der Waals surface area (Å²) < 4.78 is 10.4. The third-order valence-corrected chi connectivity index (χ3v) is 3.24. The topological polar surface area (TPSA) is 84.9 Å². The zero-order chi connectivity index (χ0) is 14.7. The van der Waals surface area contributed by atoms with Gasteiger partial charge in [0.05, 0.1) is 0 Å². The highest BCUT2D eigenvalue weighted by Gasteiger charge is 2.42. The van der Waals surface area contributed by atoms with Gasteiger partial charge in [-0.1, -0.05) is 6.92 Å². The van der Waals surface area contributed by atoms with E-state index in [0.717, 1.165) is 0 Å². The van der Waals surface area contributed by atoms with E-state index in [9.17, 15) is 14.7 Å². The Labute approximate surface area is 113 Å². The second-order valence-corrected chi connectivity index (χ2v) is 6.18. The number of hydrogen-bond acceptors (Lipinski definition) is 4. The molecule has 0 saturated carbocycles. The summed E-state index contributed by atoms with van der Waals surface area (Å²) in [4.78, 5) is 23.1. The van der Waals surface area contributed by atoms with E-state index >= 15 is 0 Å². The van der Waals surface area contributed by atoms with Crippen LogP contribution < -0.4 is 5.32 Å². The van der Waals surface area contributed by atoms with Crippen LogP contribution in [0.25, 0.3) is 0 Å². The molecule has 0 bridgehead atoms. The fraction of sp³-hybridized carbons (Fsp3) is 0.846. The number of carboxylic acid groups (broad SMARTS) is 1. The average Bonchev–Trinajstić information content (AvgIpc) is 2.24. The Morgan fingerprint density at radius 3 is 2.26 bits per heavy atom. The number of carbonyl (C=O) groups excluding carboxylic acids is 1. The first-order valence-corrected chi connectivity index (χ1v) is 6.44. The van der Waals surface area contributed by atoms with Crippen LogP contribution in [0.4, 0.5) is 4.79 Å². The number of hydrogen-bond donors (Lipinski definition) is 2. The Kier molecular flexibility index (Phi) is 4.79. The Bertz CT molecular complexity index is 341. The minimum absolute atomic E-state index is 0.510. The minimum atomic E-state index is -1.05. The van der Waals surface area contributed by atoms with Crippen LogP contribution in [0.3, 0.4) is 0 Å². The van der Waals surface area contributed by atoms with Crippen molar-refractivity contribution in [1.29, 1.82) is 0 Å². The number of rotatable bonds is 3. The summed E-state index contributed by atoms with van der Waals surface area (Å²) in [6.07, 6.45) is 0.493. The van der Waals surface area contributed by atoms with E-state index in [0.29, 0.717) is 26.1 Å². The van der Waals surface area contributed by atoms with Gasteiger partial charge in [-0.05, 0) is 33.6 Å². The number of carboxylic acids is 1. The van der Waals surface area contributed by atoms with Crippen molar-refractivity contribution in [2.75, 3.05) is 13.2 Å². The van der Waals surface area contributed by atoms with E-state index in [-0.39, 0.29) is 0 Å². The van der Waals surface area contributed by atoms with Gasteiger partial charge in [0.15, 0.2) is 0 Å². The highest BCUT2D eigenvalue weighted by atomic mass is 16.6. The van der Waals surface area contributed by atoms with Crippen molar-refractivity contribution in [2.24, 2.45) is 5.41 Å². The molecule has 1 heterocycles. The van der Waals surface area contributed by atoms with Crippen molar-refractivity contribution in [2.45, 2.75) is 52.2 Å². The number of carbonyl (C=O) groups is 2. The SMILES string of the molecule is CC(C)(C)OC(=O)N[C@H](C(=O)O)C1(C)CCOCC1. The molecule has 2 N–H and O–H groups in total. The average molecular weight is 273 g/mol. The number of aliphatic carboxylic acids is 1. The van der Waals surface area contributed by atoms with E-state index in [1.807, 2.05) is 6.92 Å². The second kappa shape index (κ2) is 5.77. The first kappa shape index (κ1) is 15.8. The van der Waals surface area contributed by atoms with Gasteiger partial charge in [-0.15, -0.1) is 0 Å². The Morgan fingerprint density at radius 2 is 1.84 bits per heavy atom. The maximum atomic E-state index is 11.7. The lowest BCUT2D eigenvalue weighted by Gasteiger charge is -2.38. The summed E-state index contributed by atoms with van der Waals surface area (Å²) in [5.41, 5.74) is -1.16. The van der Waals surface area contributed by atoms with Gasteiger partial charge >= 0.3 is 12.1 Å². The summed E-state index contributed by atoms with van der Waals surface area (Å²) >= 11 is 0. The molecule has 0 aliphatic carbocycles. The third kappa shape index (κ3) is 4.70. The van der Waals surface area contributed by atoms with Crippen LogP contribution in [0.1, 0.15) is 40.5 Å². The van der Waals surface area contributed by atoms with Gasteiger partial charge in [-0.3, -0.25) is 0 Å². The van der Waals surface area contributed by atoms with E-state index < -0.39 is 29.1 Å². The van der Waals surface area contributed by atoms with Crippen LogP contribution in [0.2, 0.25) is 0 Å². The largest absolute Gasteiger partial charge is 0.480 e. The molecule has 1 saturated heterocycles. The van der Waals surface area contributed by atoms with Gasteiger partial charge in [0, 0.05) is 18.6 Å². The smallest absolute Gasteiger partial charge is 0.408 e. The van der Waals surface area contributed by atoms with Gasteiger partial charge in [0.1, 0.15) is 11.6 Å². The van der Waals surface area contributed by atoms with E-state index in [1.165, 1.54) is 0 Å². The molecule has 0 aromatic rings. The number of amides is 1. The first-order chi connectivity index (χ1) is 8.64. The molecule has 0 spiro atoms. The molecule has 110 valence electrons. The van der Waals surface area contributed by atoms with Crippen LogP contribution in [0.5, 0.6) is 0 Å². The van der Waals surface area contributed by atoms with Gasteiger partial charge < -0.3 is 19.9 Å². The molecule has 1 fully saturated rings. The molecule has 0 aromatic heterocycles. The van der Waals surface area contributed by atoms with Crippen molar-refractivity contribution in [3.05, 3.63) is 0 Å². The lowest BCUT2D eigenvalue weighted by atomic mass is 9.75. The zero-order valence-electron chi connectivity index (χ0n) is 12.0. The van der Waals surface area contributed by atoms with Gasteiger partial charge in [0.25, 0.3) is 0 Å². The molecular formula is C13H23NO5. The Hall–Kier alpha value is -1.30. The van der Waals surface area contributed by atoms with E-state index in [1.54, 1.807) is 20.8 Å². The molecule has 6 nitrogen and oxygen atoms in total. The molecule has 0 radical (unpaired) electrons. The molecule has 1 amide bonds. The first-order valence-electron chi connectivity index (χ1n) is 6.44. The highest BCUT2D eigenvalue weighted by Crippen LogP contribution is 2.33. The van der Waals surface area contributed by atoms with Crippen LogP contribution in [-0.4, -0.2) is 42.0 Å². The van der Waals surface area contributed by atoms with Crippen LogP contribution in [0.15, 0.2) is 0 Å². The highest BCUT2D eigenvalue weighted by molar-refractivity contribution is 5.81. The fourth-order valence-electron chi connectivity index (χ4n) is 2.09. The predicted octanol–water partition coefficient (Wildman–Crippen LogP) is 1.78. The fourth-order valence-corrected chi connectivity index (χ4v) is 2.09. The number of alkyl carbamates (subject to hydrolysis) is 1. The maximum Gasteiger partial charge on any atom is 0.408 e. The Morgan fingerprint density at radius 1 is 1.32 bits per heavy atom. The summed E-state index contributed by atoms with van der Waals surface area (Å²) in [6.45, 7) is 8.08. The zero-order valence-corrected chi connectivity index (χ0v) is 12.0. The van der Waals surface area contributed by atoms with Crippen LogP contribution in [0, 0.1) is 5.41 Å². The predicted molar refractivity (Wildman–Crippen MR) is 69.0 cm³/mol. The standard InChI is InChI=1S/C13H23NO5/c1-12(2,3)19-11(17)14-9(10(15)16)13(4)5-7-18-8-6-13/h9H,5-8H2,1-4H3,(H,14,17)(H,15,16)/t9-/m1/s1. The normalized spacial score (nSPS) is 20.4. The lowest BCUT2D eigenvalue weighted by Crippen LogP contribution is -2.54. The number of ether oxygens (including phenoxy) is 2. The quantitative estimate of drug-likeness (QED) is 0.818. The van der Waals surface area contributed by atoms with Gasteiger partial charge in [-0.2, -0.15) is 0 Å². The van der Waals surface area contributed by atoms with Gasteiger partial charge in [0.2, 0.25) is 0 Å². The van der Waals surface area contributed by atoms with Crippen LogP contribution >= 0.6 is 0 Å². The maximum absolute atomic E-state index is 11.7. The molecule has 0 unspecified atom stereocenters. The molecule has 1 atom stereocenters. The summed E-state index contributed by atoms with van der Waals surface area (Å²) in [5, 5.41) is 11.8. The lowest BCUT2D eigenvalue weighted by molar-refractivity contribution is -0.145. The van der Waals surface area contributed by atoms with Crippen LogP contribution in [-0.2, 0) is 14.3 Å². The molecule has 1 rings (SSSR count). The monoisotopic (exact) mass is 273 g/mol. The second-order valence-electron chi connectivity index (χ2n) is 6.18. The van der Waals surface area contributed by atoms with E-state index in [2.05, 4.69) is 5.32 Å². The third-order valence-electron chi connectivity index (χ3n) is 3.24. The van der Waals surface area contributed by atoms with Gasteiger partial charge in [-0.25, -0.2) is 9.59 Å². The summed E-state index contributed by atoms with van der Waals surface area (Å²) in [6, 6.07) is -0.966.